The Labute approximate surface area is 113 Å². The average molecular weight is 260 g/mol. The Morgan fingerprint density at radius 2 is 2.16 bits per heavy atom. The first-order chi connectivity index (χ1) is 9.28. The fraction of sp³-hybridized carbons (Fsp3) is 0.533. The Morgan fingerprint density at radius 3 is 2.89 bits per heavy atom. The van der Waals surface area contributed by atoms with Crippen molar-refractivity contribution in [1.82, 2.24) is 10.2 Å². The average Bonchev–Trinajstić information content (AvgIpc) is 2.95. The summed E-state index contributed by atoms with van der Waals surface area (Å²) >= 11 is 0. The molecule has 4 heteroatoms. The second-order valence-electron chi connectivity index (χ2n) is 5.34. The summed E-state index contributed by atoms with van der Waals surface area (Å²) in [7, 11) is 1.72. The van der Waals surface area contributed by atoms with E-state index in [1.807, 2.05) is 17.0 Å². The van der Waals surface area contributed by atoms with Crippen molar-refractivity contribution in [1.29, 1.82) is 0 Å². The summed E-state index contributed by atoms with van der Waals surface area (Å²) in [6, 6.07) is 8.26. The predicted molar refractivity (Wildman–Crippen MR) is 72.8 cm³/mol. The lowest BCUT2D eigenvalue weighted by molar-refractivity contribution is -0.133. The molecular weight excluding hydrogens is 240 g/mol. The van der Waals surface area contributed by atoms with Crippen molar-refractivity contribution in [3.8, 4) is 0 Å². The third kappa shape index (κ3) is 2.51. The third-order valence-corrected chi connectivity index (χ3v) is 4.17. The maximum absolute atomic E-state index is 12.5. The van der Waals surface area contributed by atoms with Gasteiger partial charge in [0.15, 0.2) is 0 Å². The summed E-state index contributed by atoms with van der Waals surface area (Å²) in [6.07, 6.45) is 1.95. The molecule has 1 fully saturated rings. The van der Waals surface area contributed by atoms with Crippen LogP contribution in [-0.4, -0.2) is 43.2 Å². The van der Waals surface area contributed by atoms with E-state index >= 15 is 0 Å². The van der Waals surface area contributed by atoms with E-state index in [-0.39, 0.29) is 18.1 Å². The Bertz CT molecular complexity index is 475. The number of nitrogens with one attached hydrogen (secondary N) is 1. The largest absolute Gasteiger partial charge is 0.380 e. The Morgan fingerprint density at radius 1 is 1.37 bits per heavy atom. The van der Waals surface area contributed by atoms with Crippen LogP contribution in [0.1, 0.15) is 17.5 Å². The molecule has 2 unspecified atom stereocenters. The normalized spacial score (nSPS) is 26.3. The monoisotopic (exact) mass is 260 g/mol. The van der Waals surface area contributed by atoms with Gasteiger partial charge in [-0.2, -0.15) is 0 Å². The molecule has 3 rings (SSSR count). The van der Waals surface area contributed by atoms with Crippen molar-refractivity contribution in [2.75, 3.05) is 20.2 Å². The van der Waals surface area contributed by atoms with Crippen LogP contribution < -0.4 is 5.32 Å². The molecular formula is C15H20N2O2. The Kier molecular flexibility index (Phi) is 3.53. The van der Waals surface area contributed by atoms with Gasteiger partial charge < -0.3 is 15.0 Å². The number of nitrogens with zero attached hydrogens (tertiary/aromatic N) is 1. The molecule has 1 N–H and O–H groups in total. The number of benzene rings is 1. The molecule has 0 bridgehead atoms. The van der Waals surface area contributed by atoms with E-state index in [4.69, 9.17) is 4.74 Å². The van der Waals surface area contributed by atoms with E-state index in [1.54, 1.807) is 7.11 Å². The van der Waals surface area contributed by atoms with E-state index in [0.717, 1.165) is 32.5 Å². The van der Waals surface area contributed by atoms with Gasteiger partial charge in [0, 0.05) is 26.7 Å². The molecule has 1 amide bonds. The van der Waals surface area contributed by atoms with E-state index in [0.29, 0.717) is 0 Å². The van der Waals surface area contributed by atoms with Crippen molar-refractivity contribution in [3.63, 3.8) is 0 Å². The smallest absolute Gasteiger partial charge is 0.240 e. The molecule has 0 saturated carbocycles. The minimum absolute atomic E-state index is 0.0782. The number of fused-ring (bicyclic) bond motifs is 1. The van der Waals surface area contributed by atoms with Crippen LogP contribution in [0.25, 0.3) is 0 Å². The van der Waals surface area contributed by atoms with Gasteiger partial charge in [-0.15, -0.1) is 0 Å². The van der Waals surface area contributed by atoms with Gasteiger partial charge in [0.2, 0.25) is 5.91 Å². The first-order valence-electron chi connectivity index (χ1n) is 6.89. The van der Waals surface area contributed by atoms with E-state index in [2.05, 4.69) is 17.4 Å². The number of amides is 1. The van der Waals surface area contributed by atoms with E-state index in [1.165, 1.54) is 11.1 Å². The highest BCUT2D eigenvalue weighted by molar-refractivity contribution is 5.83. The van der Waals surface area contributed by atoms with Crippen molar-refractivity contribution < 1.29 is 9.53 Å². The Balaban J connectivity index is 1.66. The third-order valence-electron chi connectivity index (χ3n) is 4.17. The maximum atomic E-state index is 12.5. The van der Waals surface area contributed by atoms with Gasteiger partial charge in [-0.3, -0.25) is 4.79 Å². The van der Waals surface area contributed by atoms with Gasteiger partial charge in [0.25, 0.3) is 0 Å². The fourth-order valence-electron chi connectivity index (χ4n) is 2.97. The number of likely N-dealkylation sites (tertiary alicyclic amines) is 1. The second kappa shape index (κ2) is 5.31. The first kappa shape index (κ1) is 12.6. The van der Waals surface area contributed by atoms with Crippen LogP contribution in [-0.2, 0) is 22.5 Å². The van der Waals surface area contributed by atoms with E-state index in [9.17, 15) is 4.79 Å². The zero-order valence-electron chi connectivity index (χ0n) is 11.3. The van der Waals surface area contributed by atoms with Gasteiger partial charge in [-0.05, 0) is 24.0 Å². The molecule has 2 aliphatic heterocycles. The minimum atomic E-state index is -0.0782. The molecule has 0 spiro atoms. The molecule has 0 aliphatic carbocycles. The number of carbonyl (C=O) groups is 1. The van der Waals surface area contributed by atoms with Crippen LogP contribution in [0.4, 0.5) is 0 Å². The zero-order chi connectivity index (χ0) is 13.2. The van der Waals surface area contributed by atoms with Crippen molar-refractivity contribution in [2.24, 2.45) is 0 Å². The van der Waals surface area contributed by atoms with Gasteiger partial charge in [0.1, 0.15) is 0 Å². The van der Waals surface area contributed by atoms with E-state index < -0.39 is 0 Å². The second-order valence-corrected chi connectivity index (χ2v) is 5.34. The fourth-order valence-corrected chi connectivity index (χ4v) is 2.97. The molecule has 2 atom stereocenters. The van der Waals surface area contributed by atoms with Crippen LogP contribution in [0.15, 0.2) is 24.3 Å². The van der Waals surface area contributed by atoms with Crippen LogP contribution in [0.2, 0.25) is 0 Å². The topological polar surface area (TPSA) is 41.6 Å². The van der Waals surface area contributed by atoms with Gasteiger partial charge >= 0.3 is 0 Å². The quantitative estimate of drug-likeness (QED) is 0.861. The van der Waals surface area contributed by atoms with Crippen LogP contribution in [0.5, 0.6) is 0 Å². The van der Waals surface area contributed by atoms with Gasteiger partial charge in [0.05, 0.1) is 12.1 Å². The SMILES string of the molecule is COC1CCN(C(=O)C2Cc3ccccc3CN2)C1. The number of hydrogen-bond acceptors (Lipinski definition) is 3. The highest BCUT2D eigenvalue weighted by atomic mass is 16.5. The molecule has 1 saturated heterocycles. The molecule has 4 nitrogen and oxygen atoms in total. The lowest BCUT2D eigenvalue weighted by Gasteiger charge is -2.28. The number of rotatable bonds is 2. The molecule has 2 aliphatic rings. The summed E-state index contributed by atoms with van der Waals surface area (Å²) in [6.45, 7) is 2.33. The predicted octanol–water partition coefficient (Wildman–Crippen LogP) is 0.948. The maximum Gasteiger partial charge on any atom is 0.240 e. The molecule has 19 heavy (non-hydrogen) atoms. The standard InChI is InChI=1S/C15H20N2O2/c1-19-13-6-7-17(10-13)15(18)14-8-11-4-2-3-5-12(11)9-16-14/h2-5,13-14,16H,6-10H2,1H3. The summed E-state index contributed by atoms with van der Waals surface area (Å²) in [5.41, 5.74) is 2.60. The summed E-state index contributed by atoms with van der Waals surface area (Å²) < 4.78 is 5.32. The molecule has 102 valence electrons. The van der Waals surface area contributed by atoms with Crippen LogP contribution >= 0.6 is 0 Å². The van der Waals surface area contributed by atoms with Gasteiger partial charge in [-0.25, -0.2) is 0 Å². The molecule has 1 aromatic carbocycles. The minimum Gasteiger partial charge on any atom is -0.380 e. The molecule has 0 radical (unpaired) electrons. The van der Waals surface area contributed by atoms with Crippen LogP contribution in [0.3, 0.4) is 0 Å². The zero-order valence-corrected chi connectivity index (χ0v) is 11.3. The summed E-state index contributed by atoms with van der Waals surface area (Å²) in [5.74, 6) is 0.217. The lowest BCUT2D eigenvalue weighted by atomic mass is 9.95. The van der Waals surface area contributed by atoms with Crippen molar-refractivity contribution in [3.05, 3.63) is 35.4 Å². The highest BCUT2D eigenvalue weighted by Crippen LogP contribution is 2.19. The van der Waals surface area contributed by atoms with Crippen molar-refractivity contribution in [2.45, 2.75) is 31.5 Å². The van der Waals surface area contributed by atoms with Gasteiger partial charge in [-0.1, -0.05) is 24.3 Å². The van der Waals surface area contributed by atoms with Crippen LogP contribution in [0, 0.1) is 0 Å². The summed E-state index contributed by atoms with van der Waals surface area (Å²) in [5, 5.41) is 3.35. The molecule has 2 heterocycles. The number of ether oxygens (including phenoxy) is 1. The first-order valence-corrected chi connectivity index (χ1v) is 6.89. The molecule has 0 aromatic heterocycles. The number of hydrogen-bond donors (Lipinski definition) is 1. The lowest BCUT2D eigenvalue weighted by Crippen LogP contribution is -2.49. The Hall–Kier alpha value is -1.39. The number of methoxy groups -OCH3 is 1. The summed E-state index contributed by atoms with van der Waals surface area (Å²) in [4.78, 5) is 14.4. The number of carbonyl (C=O) groups excluding carboxylic acids is 1. The highest BCUT2D eigenvalue weighted by Gasteiger charge is 2.32. The molecule has 1 aromatic rings. The van der Waals surface area contributed by atoms with Crippen molar-refractivity contribution >= 4 is 5.91 Å².